The second-order valence-electron chi connectivity index (χ2n) is 3.51. The first-order chi connectivity index (χ1) is 4.71. The Hall–Kier alpha value is 0.0200. The van der Waals surface area contributed by atoms with Crippen molar-refractivity contribution >= 4 is 16.8 Å². The lowest BCUT2D eigenvalue weighted by molar-refractivity contribution is 0.243. The van der Waals surface area contributed by atoms with Gasteiger partial charge in [-0.05, 0) is 32.6 Å². The van der Waals surface area contributed by atoms with Crippen molar-refractivity contribution in [2.24, 2.45) is 10.9 Å². The molecule has 2 aliphatic rings. The SMILES string of the molecule is CC1=NCC2CCC2(C)S1. The molecule has 0 aromatic carbocycles. The van der Waals surface area contributed by atoms with Crippen LogP contribution >= 0.6 is 11.8 Å². The van der Waals surface area contributed by atoms with Crippen molar-refractivity contribution in [2.45, 2.75) is 31.4 Å². The lowest BCUT2D eigenvalue weighted by Gasteiger charge is -2.48. The molecule has 0 aromatic heterocycles. The molecule has 1 aliphatic heterocycles. The number of rotatable bonds is 0. The van der Waals surface area contributed by atoms with Gasteiger partial charge in [-0.25, -0.2) is 0 Å². The number of thioether (sulfide) groups is 1. The molecular formula is C8H13NS. The summed E-state index contributed by atoms with van der Waals surface area (Å²) in [6.45, 7) is 5.60. The van der Waals surface area contributed by atoms with Crippen LogP contribution < -0.4 is 0 Å². The van der Waals surface area contributed by atoms with E-state index in [1.165, 1.54) is 17.9 Å². The maximum absolute atomic E-state index is 4.44. The van der Waals surface area contributed by atoms with Crippen molar-refractivity contribution in [3.8, 4) is 0 Å². The Bertz CT molecular complexity index is 188. The molecule has 1 heterocycles. The van der Waals surface area contributed by atoms with E-state index in [1.807, 2.05) is 11.8 Å². The van der Waals surface area contributed by atoms with Crippen molar-refractivity contribution in [3.05, 3.63) is 0 Å². The van der Waals surface area contributed by atoms with Crippen LogP contribution in [0.4, 0.5) is 0 Å². The van der Waals surface area contributed by atoms with Gasteiger partial charge in [0.2, 0.25) is 0 Å². The minimum absolute atomic E-state index is 0.575. The zero-order chi connectivity index (χ0) is 7.19. The van der Waals surface area contributed by atoms with E-state index in [1.54, 1.807) is 0 Å². The zero-order valence-electron chi connectivity index (χ0n) is 6.55. The van der Waals surface area contributed by atoms with Crippen LogP contribution in [0.25, 0.3) is 0 Å². The maximum atomic E-state index is 4.44. The Balaban J connectivity index is 2.17. The third kappa shape index (κ3) is 0.815. The molecule has 2 rings (SSSR count). The number of hydrogen-bond donors (Lipinski definition) is 0. The van der Waals surface area contributed by atoms with E-state index in [4.69, 9.17) is 0 Å². The van der Waals surface area contributed by atoms with Gasteiger partial charge in [-0.1, -0.05) is 0 Å². The van der Waals surface area contributed by atoms with Gasteiger partial charge >= 0.3 is 0 Å². The molecule has 10 heavy (non-hydrogen) atoms. The van der Waals surface area contributed by atoms with Crippen LogP contribution in [-0.4, -0.2) is 16.3 Å². The molecular weight excluding hydrogens is 142 g/mol. The Labute approximate surface area is 66.3 Å². The second kappa shape index (κ2) is 2.00. The molecule has 0 bridgehead atoms. The van der Waals surface area contributed by atoms with Crippen LogP contribution in [0.15, 0.2) is 4.99 Å². The molecule has 0 N–H and O–H groups in total. The van der Waals surface area contributed by atoms with E-state index in [-0.39, 0.29) is 0 Å². The van der Waals surface area contributed by atoms with Gasteiger partial charge < -0.3 is 0 Å². The molecule has 0 amide bonds. The topological polar surface area (TPSA) is 12.4 Å². The summed E-state index contributed by atoms with van der Waals surface area (Å²) < 4.78 is 0.575. The summed E-state index contributed by atoms with van der Waals surface area (Å²) in [5.41, 5.74) is 0. The summed E-state index contributed by atoms with van der Waals surface area (Å²) in [4.78, 5) is 4.44. The van der Waals surface area contributed by atoms with E-state index in [2.05, 4.69) is 18.8 Å². The predicted octanol–water partition coefficient (Wildman–Crippen LogP) is 2.32. The molecule has 2 heteroatoms. The van der Waals surface area contributed by atoms with Crippen molar-refractivity contribution < 1.29 is 0 Å². The highest BCUT2D eigenvalue weighted by Gasteiger charge is 2.45. The van der Waals surface area contributed by atoms with Gasteiger partial charge in [0.1, 0.15) is 0 Å². The van der Waals surface area contributed by atoms with Crippen LogP contribution in [0.3, 0.4) is 0 Å². The molecule has 1 nitrogen and oxygen atoms in total. The molecule has 1 fully saturated rings. The van der Waals surface area contributed by atoms with Crippen LogP contribution in [-0.2, 0) is 0 Å². The lowest BCUT2D eigenvalue weighted by Crippen LogP contribution is -2.45. The summed E-state index contributed by atoms with van der Waals surface area (Å²) in [6, 6.07) is 0. The fourth-order valence-corrected chi connectivity index (χ4v) is 3.18. The minimum atomic E-state index is 0.575. The normalized spacial score (nSPS) is 45.4. The first kappa shape index (κ1) is 6.71. The van der Waals surface area contributed by atoms with Crippen molar-refractivity contribution in [1.82, 2.24) is 0 Å². The molecule has 0 radical (unpaired) electrons. The molecule has 2 atom stereocenters. The predicted molar refractivity (Wildman–Crippen MR) is 46.7 cm³/mol. The molecule has 2 unspecified atom stereocenters. The van der Waals surface area contributed by atoms with Crippen molar-refractivity contribution in [1.29, 1.82) is 0 Å². The molecule has 1 saturated carbocycles. The van der Waals surface area contributed by atoms with Crippen molar-refractivity contribution in [3.63, 3.8) is 0 Å². The van der Waals surface area contributed by atoms with Gasteiger partial charge in [-0.2, -0.15) is 0 Å². The highest BCUT2D eigenvalue weighted by atomic mass is 32.2. The molecule has 56 valence electrons. The van der Waals surface area contributed by atoms with E-state index >= 15 is 0 Å². The summed E-state index contributed by atoms with van der Waals surface area (Å²) in [5.74, 6) is 0.890. The molecule has 0 aromatic rings. The van der Waals surface area contributed by atoms with Crippen LogP contribution in [0, 0.1) is 5.92 Å². The highest BCUT2D eigenvalue weighted by molar-refractivity contribution is 8.15. The third-order valence-corrected chi connectivity index (χ3v) is 4.20. The quantitative estimate of drug-likeness (QED) is 0.523. The monoisotopic (exact) mass is 155 g/mol. The van der Waals surface area contributed by atoms with Gasteiger partial charge in [0.05, 0.1) is 5.04 Å². The average molecular weight is 155 g/mol. The summed E-state index contributed by atoms with van der Waals surface area (Å²) >= 11 is 1.99. The van der Waals surface area contributed by atoms with Crippen molar-refractivity contribution in [2.75, 3.05) is 6.54 Å². The first-order valence-electron chi connectivity index (χ1n) is 3.91. The number of nitrogens with zero attached hydrogens (tertiary/aromatic N) is 1. The first-order valence-corrected chi connectivity index (χ1v) is 4.72. The number of hydrogen-bond acceptors (Lipinski definition) is 2. The van der Waals surface area contributed by atoms with E-state index in [0.717, 1.165) is 12.5 Å². The van der Waals surface area contributed by atoms with E-state index in [0.29, 0.717) is 4.75 Å². The van der Waals surface area contributed by atoms with Gasteiger partial charge in [-0.15, -0.1) is 11.8 Å². The average Bonchev–Trinajstić information content (AvgIpc) is 1.83. The molecule has 0 spiro atoms. The Morgan fingerprint density at radius 1 is 1.70 bits per heavy atom. The Kier molecular flexibility index (Phi) is 1.34. The summed E-state index contributed by atoms with van der Waals surface area (Å²) in [7, 11) is 0. The van der Waals surface area contributed by atoms with E-state index < -0.39 is 0 Å². The summed E-state index contributed by atoms with van der Waals surface area (Å²) in [6.07, 6.45) is 2.80. The smallest absolute Gasteiger partial charge is 0.0650 e. The molecule has 0 saturated heterocycles. The number of aliphatic imine (C=N–C) groups is 1. The standard InChI is InChI=1S/C8H13NS/c1-6-9-5-7-3-4-8(7,2)10-6/h7H,3-5H2,1-2H3. The van der Waals surface area contributed by atoms with Crippen LogP contribution in [0.1, 0.15) is 26.7 Å². The van der Waals surface area contributed by atoms with Crippen LogP contribution in [0.2, 0.25) is 0 Å². The minimum Gasteiger partial charge on any atom is -0.283 e. The fraction of sp³-hybridized carbons (Fsp3) is 0.875. The number of fused-ring (bicyclic) bond motifs is 1. The highest BCUT2D eigenvalue weighted by Crippen LogP contribution is 2.51. The zero-order valence-corrected chi connectivity index (χ0v) is 7.37. The van der Waals surface area contributed by atoms with Gasteiger partial charge in [0.25, 0.3) is 0 Å². The fourth-order valence-electron chi connectivity index (χ4n) is 1.78. The largest absolute Gasteiger partial charge is 0.283 e. The Morgan fingerprint density at radius 2 is 2.50 bits per heavy atom. The van der Waals surface area contributed by atoms with Crippen LogP contribution in [0.5, 0.6) is 0 Å². The van der Waals surface area contributed by atoms with Gasteiger partial charge in [-0.3, -0.25) is 4.99 Å². The Morgan fingerprint density at radius 3 is 2.90 bits per heavy atom. The summed E-state index contributed by atoms with van der Waals surface area (Å²) in [5, 5.41) is 1.29. The maximum Gasteiger partial charge on any atom is 0.0650 e. The van der Waals surface area contributed by atoms with E-state index in [9.17, 15) is 0 Å². The van der Waals surface area contributed by atoms with Gasteiger partial charge in [0, 0.05) is 11.3 Å². The second-order valence-corrected chi connectivity index (χ2v) is 5.24. The molecule has 1 aliphatic carbocycles. The lowest BCUT2D eigenvalue weighted by atomic mass is 9.74. The third-order valence-electron chi connectivity index (χ3n) is 2.77. The van der Waals surface area contributed by atoms with Gasteiger partial charge in [0.15, 0.2) is 0 Å².